The molecule has 0 spiro atoms. The second-order valence-electron chi connectivity index (χ2n) is 11.2. The molecule has 1 saturated carbocycles. The summed E-state index contributed by atoms with van der Waals surface area (Å²) in [6.07, 6.45) is 7.35. The maximum Gasteiger partial charge on any atom is 0.163 e. The maximum atomic E-state index is 9.00. The number of piperidine rings is 1. The molecule has 0 radical (unpaired) electrons. The number of para-hydroxylation sites is 1. The van der Waals surface area contributed by atoms with Crippen LogP contribution in [0.1, 0.15) is 42.1 Å². The maximum absolute atomic E-state index is 9.00. The molecule has 7 heterocycles. The topological polar surface area (TPSA) is 123 Å². The van der Waals surface area contributed by atoms with Crippen LogP contribution >= 0.6 is 0 Å². The summed E-state index contributed by atoms with van der Waals surface area (Å²) >= 11 is 0. The molecule has 202 valence electrons. The van der Waals surface area contributed by atoms with Crippen molar-refractivity contribution in [2.45, 2.75) is 43.8 Å². The van der Waals surface area contributed by atoms with Crippen LogP contribution in [0.2, 0.25) is 0 Å². The highest BCUT2D eigenvalue weighted by molar-refractivity contribution is 5.92. The number of benzene rings is 1. The van der Waals surface area contributed by atoms with Crippen LogP contribution in [-0.4, -0.2) is 60.2 Å². The molecule has 3 saturated heterocycles. The number of H-pyrrole nitrogens is 1. The van der Waals surface area contributed by atoms with E-state index in [1.165, 1.54) is 25.0 Å². The summed E-state index contributed by atoms with van der Waals surface area (Å²) in [7, 11) is 0. The molecule has 4 aliphatic rings. The van der Waals surface area contributed by atoms with Crippen LogP contribution < -0.4 is 10.2 Å². The summed E-state index contributed by atoms with van der Waals surface area (Å²) in [4.78, 5) is 23.7. The predicted molar refractivity (Wildman–Crippen MR) is 156 cm³/mol. The van der Waals surface area contributed by atoms with Gasteiger partial charge in [0.1, 0.15) is 23.4 Å². The molecule has 1 aromatic carbocycles. The number of nitriles is 1. The van der Waals surface area contributed by atoms with Gasteiger partial charge >= 0.3 is 0 Å². The zero-order valence-electron chi connectivity index (χ0n) is 22.4. The van der Waals surface area contributed by atoms with Crippen LogP contribution in [0.25, 0.3) is 22.3 Å². The van der Waals surface area contributed by atoms with Crippen molar-refractivity contribution < 1.29 is 0 Å². The highest BCUT2D eigenvalue weighted by Crippen LogP contribution is 2.40. The Balaban J connectivity index is 0.989. The summed E-state index contributed by atoms with van der Waals surface area (Å²) in [6.45, 7) is 2.75. The van der Waals surface area contributed by atoms with Gasteiger partial charge in [-0.25, -0.2) is 19.9 Å². The number of rotatable bonds is 7. The molecule has 4 aromatic heterocycles. The Morgan fingerprint density at radius 2 is 1.85 bits per heavy atom. The van der Waals surface area contributed by atoms with Gasteiger partial charge in [0.15, 0.2) is 11.6 Å². The Hall–Kier alpha value is -4.88. The average Bonchev–Trinajstić information content (AvgIpc) is 3.78. The van der Waals surface area contributed by atoms with E-state index < -0.39 is 0 Å². The first-order valence-corrected chi connectivity index (χ1v) is 14.1. The van der Waals surface area contributed by atoms with E-state index in [0.717, 1.165) is 59.1 Å². The Morgan fingerprint density at radius 3 is 2.61 bits per heavy atom. The second kappa shape index (κ2) is 9.64. The molecule has 2 unspecified atom stereocenters. The fraction of sp³-hybridized carbons (Fsp3) is 0.290. The van der Waals surface area contributed by atoms with Crippen LogP contribution in [0, 0.1) is 11.3 Å². The number of nitrogens with zero attached hydrogens (tertiary/aromatic N) is 8. The fourth-order valence-corrected chi connectivity index (χ4v) is 6.06. The van der Waals surface area contributed by atoms with E-state index in [2.05, 4.69) is 54.6 Å². The largest absolute Gasteiger partial charge is 0.353 e. The van der Waals surface area contributed by atoms with Crippen LogP contribution in [0.15, 0.2) is 67.0 Å². The standard InChI is InChI=1S/C31H28N10/c32-13-22-9-5-19(14-33-22)16-41-23-11-24(41)18-40(17-23)29-10-8-21(15-34-29)30-35-26-4-2-1-3-25(26)31(37-30)36-28-12-27(38-39-28)20-6-7-20/h1-5,8-10,12,14-15,20,23-24H,6-7,11,16-18H2,(H2,35,36,37,38,39). The third-order valence-electron chi connectivity index (χ3n) is 8.44. The van der Waals surface area contributed by atoms with Crippen molar-refractivity contribution in [3.05, 3.63) is 83.9 Å². The van der Waals surface area contributed by atoms with Gasteiger partial charge in [-0.3, -0.25) is 10.00 Å². The summed E-state index contributed by atoms with van der Waals surface area (Å²) < 4.78 is 0. The Morgan fingerprint density at radius 1 is 0.976 bits per heavy atom. The number of anilines is 3. The van der Waals surface area contributed by atoms with Crippen molar-refractivity contribution in [3.8, 4) is 17.5 Å². The predicted octanol–water partition coefficient (Wildman–Crippen LogP) is 4.77. The van der Waals surface area contributed by atoms with Crippen LogP contribution in [0.4, 0.5) is 17.5 Å². The van der Waals surface area contributed by atoms with E-state index in [0.29, 0.717) is 29.5 Å². The summed E-state index contributed by atoms with van der Waals surface area (Å²) in [5, 5.41) is 21.0. The lowest BCUT2D eigenvalue weighted by atomic mass is 9.87. The van der Waals surface area contributed by atoms with Gasteiger partial charge in [0, 0.05) is 72.7 Å². The third kappa shape index (κ3) is 4.54. The fourth-order valence-electron chi connectivity index (χ4n) is 6.06. The first-order chi connectivity index (χ1) is 20.2. The molecule has 5 aromatic rings. The number of aromatic nitrogens is 6. The molecule has 4 fully saturated rings. The van der Waals surface area contributed by atoms with Gasteiger partial charge in [0.05, 0.1) is 5.52 Å². The Labute approximate surface area is 237 Å². The minimum atomic E-state index is 0.458. The smallest absolute Gasteiger partial charge is 0.163 e. The number of hydrogen-bond acceptors (Lipinski definition) is 9. The highest BCUT2D eigenvalue weighted by atomic mass is 15.4. The van der Waals surface area contributed by atoms with Gasteiger partial charge < -0.3 is 10.2 Å². The van der Waals surface area contributed by atoms with E-state index in [-0.39, 0.29) is 0 Å². The average molecular weight is 541 g/mol. The van der Waals surface area contributed by atoms with Gasteiger partial charge in [-0.2, -0.15) is 10.4 Å². The lowest BCUT2D eigenvalue weighted by molar-refractivity contribution is -0.00875. The lowest BCUT2D eigenvalue weighted by Crippen LogP contribution is -2.68. The van der Waals surface area contributed by atoms with Crippen LogP contribution in [0.3, 0.4) is 0 Å². The minimum absolute atomic E-state index is 0.458. The zero-order valence-corrected chi connectivity index (χ0v) is 22.4. The van der Waals surface area contributed by atoms with Crippen molar-refractivity contribution in [2.24, 2.45) is 0 Å². The molecule has 41 heavy (non-hydrogen) atoms. The third-order valence-corrected chi connectivity index (χ3v) is 8.44. The zero-order chi connectivity index (χ0) is 27.3. The number of hydrogen-bond donors (Lipinski definition) is 2. The van der Waals surface area contributed by atoms with E-state index in [4.69, 9.17) is 20.2 Å². The highest BCUT2D eigenvalue weighted by Gasteiger charge is 2.44. The Kier molecular flexibility index (Phi) is 5.63. The first-order valence-electron chi connectivity index (χ1n) is 14.1. The van der Waals surface area contributed by atoms with Crippen molar-refractivity contribution in [2.75, 3.05) is 23.3 Å². The molecule has 0 amide bonds. The molecular weight excluding hydrogens is 512 g/mol. The summed E-state index contributed by atoms with van der Waals surface area (Å²) in [6, 6.07) is 21.1. The molecule has 2 N–H and O–H groups in total. The van der Waals surface area contributed by atoms with Crippen LogP contribution in [0.5, 0.6) is 0 Å². The molecule has 10 heteroatoms. The Bertz CT molecular complexity index is 1760. The van der Waals surface area contributed by atoms with Crippen molar-refractivity contribution in [3.63, 3.8) is 0 Å². The molecule has 1 aliphatic carbocycles. The number of aromatic amines is 1. The van der Waals surface area contributed by atoms with Crippen molar-refractivity contribution >= 4 is 28.4 Å². The van der Waals surface area contributed by atoms with Gasteiger partial charge in [-0.15, -0.1) is 0 Å². The molecule has 2 atom stereocenters. The van der Waals surface area contributed by atoms with Gasteiger partial charge in [0.2, 0.25) is 0 Å². The van der Waals surface area contributed by atoms with Gasteiger partial charge in [-0.1, -0.05) is 18.2 Å². The van der Waals surface area contributed by atoms with E-state index in [1.807, 2.05) is 42.7 Å². The van der Waals surface area contributed by atoms with Crippen LogP contribution in [-0.2, 0) is 6.54 Å². The number of piperazine rings is 1. The second-order valence-corrected chi connectivity index (χ2v) is 11.2. The van der Waals surface area contributed by atoms with Gasteiger partial charge in [0.25, 0.3) is 0 Å². The number of nitrogens with one attached hydrogen (secondary N) is 2. The van der Waals surface area contributed by atoms with E-state index in [1.54, 1.807) is 6.07 Å². The lowest BCUT2D eigenvalue weighted by Gasteiger charge is -2.56. The summed E-state index contributed by atoms with van der Waals surface area (Å²) in [5.74, 6) is 3.72. The molecule has 3 aliphatic heterocycles. The van der Waals surface area contributed by atoms with E-state index >= 15 is 0 Å². The van der Waals surface area contributed by atoms with Gasteiger partial charge in [-0.05, 0) is 55.2 Å². The first kappa shape index (κ1) is 24.0. The normalized spacial score (nSPS) is 20.0. The van der Waals surface area contributed by atoms with Crippen molar-refractivity contribution in [1.29, 1.82) is 5.26 Å². The summed E-state index contributed by atoms with van der Waals surface area (Å²) in [5.41, 5.74) is 4.53. The SMILES string of the molecule is N#Cc1ccc(CN2C3CC2CN(c2ccc(-c4nc(Nc5cc(C6CC6)[nH]n5)c5ccccc5n4)cn2)C3)cn1. The molecule has 9 rings (SSSR count). The molecular formula is C31H28N10. The number of fused-ring (bicyclic) bond motifs is 3. The number of pyridine rings is 2. The molecule has 10 nitrogen and oxygen atoms in total. The quantitative estimate of drug-likeness (QED) is 0.301. The van der Waals surface area contributed by atoms with Crippen molar-refractivity contribution in [1.82, 2.24) is 35.0 Å². The minimum Gasteiger partial charge on any atom is -0.353 e. The monoisotopic (exact) mass is 540 g/mol. The van der Waals surface area contributed by atoms with E-state index in [9.17, 15) is 0 Å². The molecule has 2 bridgehead atoms.